The molecule has 0 spiro atoms. The van der Waals surface area contributed by atoms with E-state index in [1.807, 2.05) is 29.9 Å². The molecule has 0 saturated heterocycles. The molecule has 3 aromatic rings. The van der Waals surface area contributed by atoms with Gasteiger partial charge in [-0.25, -0.2) is 4.98 Å². The average molecular weight is 339 g/mol. The van der Waals surface area contributed by atoms with Crippen LogP contribution in [0.25, 0.3) is 10.4 Å². The fourth-order valence-corrected chi connectivity index (χ4v) is 3.27. The van der Waals surface area contributed by atoms with E-state index in [1.54, 1.807) is 16.7 Å². The molecule has 0 unspecified atom stereocenters. The number of terminal acetylenes is 1. The molecule has 0 atom stereocenters. The van der Waals surface area contributed by atoms with E-state index >= 15 is 0 Å². The molecule has 0 radical (unpaired) electrons. The Morgan fingerprint density at radius 3 is 3.00 bits per heavy atom. The molecular formula is C17H13N3OS2. The predicted octanol–water partition coefficient (Wildman–Crippen LogP) is 3.82. The summed E-state index contributed by atoms with van der Waals surface area (Å²) in [5.41, 5.74) is 4.06. The number of anilines is 1. The van der Waals surface area contributed by atoms with Crippen LogP contribution in [-0.4, -0.2) is 15.9 Å². The largest absolute Gasteiger partial charge is 0.310 e. The van der Waals surface area contributed by atoms with Crippen molar-refractivity contribution in [3.8, 4) is 22.8 Å². The Hall–Kier alpha value is -2.49. The molecule has 1 aromatic carbocycles. The van der Waals surface area contributed by atoms with Gasteiger partial charge in [-0.3, -0.25) is 9.78 Å². The van der Waals surface area contributed by atoms with Gasteiger partial charge < -0.3 is 5.32 Å². The van der Waals surface area contributed by atoms with Crippen molar-refractivity contribution in [2.75, 3.05) is 5.32 Å². The number of aryl methyl sites for hydroxylation is 1. The Bertz CT molecular complexity index is 847. The quantitative estimate of drug-likeness (QED) is 0.719. The molecule has 0 aliphatic rings. The van der Waals surface area contributed by atoms with E-state index in [2.05, 4.69) is 27.3 Å². The highest BCUT2D eigenvalue weighted by Gasteiger charge is 2.07. The normalized spacial score (nSPS) is 10.2. The van der Waals surface area contributed by atoms with E-state index in [0.717, 1.165) is 16.0 Å². The van der Waals surface area contributed by atoms with Gasteiger partial charge in [0.15, 0.2) is 5.01 Å². The minimum atomic E-state index is -0.0675. The summed E-state index contributed by atoms with van der Waals surface area (Å²) in [6.07, 6.45) is 8.18. The van der Waals surface area contributed by atoms with Crippen LogP contribution in [-0.2, 0) is 11.2 Å². The summed E-state index contributed by atoms with van der Waals surface area (Å²) < 4.78 is 0. The number of amides is 1. The molecule has 0 aliphatic carbocycles. The molecule has 0 aliphatic heterocycles. The van der Waals surface area contributed by atoms with Crippen LogP contribution in [0, 0.1) is 12.3 Å². The molecule has 1 N–H and O–H groups in total. The lowest BCUT2D eigenvalue weighted by Crippen LogP contribution is -2.12. The van der Waals surface area contributed by atoms with Crippen molar-refractivity contribution in [2.24, 2.45) is 0 Å². The summed E-state index contributed by atoms with van der Waals surface area (Å²) in [7, 11) is 0. The molecule has 4 nitrogen and oxygen atoms in total. The smallest absolute Gasteiger partial charge is 0.225 e. The highest BCUT2D eigenvalue weighted by Crippen LogP contribution is 2.24. The minimum Gasteiger partial charge on any atom is -0.310 e. The zero-order chi connectivity index (χ0) is 16.1. The molecule has 2 heterocycles. The molecule has 6 heteroatoms. The van der Waals surface area contributed by atoms with Crippen LogP contribution >= 0.6 is 22.7 Å². The van der Waals surface area contributed by atoms with Gasteiger partial charge in [0.2, 0.25) is 5.91 Å². The van der Waals surface area contributed by atoms with Crippen molar-refractivity contribution in [2.45, 2.75) is 12.8 Å². The van der Waals surface area contributed by atoms with Crippen molar-refractivity contribution in [1.29, 1.82) is 0 Å². The first-order chi connectivity index (χ1) is 11.2. The van der Waals surface area contributed by atoms with E-state index in [0.29, 0.717) is 23.7 Å². The molecule has 0 saturated carbocycles. The average Bonchev–Trinajstić information content (AvgIpc) is 3.25. The lowest BCUT2D eigenvalue weighted by molar-refractivity contribution is -0.116. The van der Waals surface area contributed by atoms with Gasteiger partial charge in [0.1, 0.15) is 5.82 Å². The number of nitrogens with zero attached hydrogens (tertiary/aromatic N) is 2. The Labute approximate surface area is 142 Å². The monoisotopic (exact) mass is 339 g/mol. The number of carbonyl (C=O) groups excluding carboxylic acids is 1. The van der Waals surface area contributed by atoms with Crippen LogP contribution in [0.5, 0.6) is 0 Å². The number of hydrogen-bond donors (Lipinski definition) is 1. The summed E-state index contributed by atoms with van der Waals surface area (Å²) in [5, 5.41) is 5.08. The molecule has 2 aromatic heterocycles. The summed E-state index contributed by atoms with van der Waals surface area (Å²) in [6, 6.07) is 8.17. The lowest BCUT2D eigenvalue weighted by atomic mass is 10.1. The third-order valence-electron chi connectivity index (χ3n) is 3.18. The maximum atomic E-state index is 12.0. The van der Waals surface area contributed by atoms with Crippen molar-refractivity contribution in [1.82, 2.24) is 9.97 Å². The topological polar surface area (TPSA) is 54.9 Å². The highest BCUT2D eigenvalue weighted by molar-refractivity contribution is 7.13. The fraction of sp³-hybridized carbons (Fsp3) is 0.118. The van der Waals surface area contributed by atoms with Crippen molar-refractivity contribution in [3.05, 3.63) is 51.9 Å². The first kappa shape index (κ1) is 15.4. The minimum absolute atomic E-state index is 0.0675. The van der Waals surface area contributed by atoms with Crippen LogP contribution in [0.15, 0.2) is 41.4 Å². The number of thiazole rings is 2. The molecule has 23 heavy (non-hydrogen) atoms. The van der Waals surface area contributed by atoms with Crippen molar-refractivity contribution in [3.63, 3.8) is 0 Å². The van der Waals surface area contributed by atoms with Crippen molar-refractivity contribution < 1.29 is 4.79 Å². The van der Waals surface area contributed by atoms with Crippen molar-refractivity contribution >= 4 is 34.4 Å². The van der Waals surface area contributed by atoms with Crippen LogP contribution in [0.2, 0.25) is 0 Å². The summed E-state index contributed by atoms with van der Waals surface area (Å²) >= 11 is 2.94. The Balaban J connectivity index is 1.59. The van der Waals surface area contributed by atoms with E-state index in [-0.39, 0.29) is 5.91 Å². The number of rotatable bonds is 5. The van der Waals surface area contributed by atoms with Gasteiger partial charge in [-0.1, -0.05) is 24.3 Å². The standard InChI is InChI=1S/C17H13N3OS2/c1-2-17-20-15(10-22-17)19-16(21)7-6-12-4-3-5-13(8-12)14-9-18-11-23-14/h1,3-5,8-11H,6-7H2,(H,19,21). The Morgan fingerprint density at radius 1 is 1.35 bits per heavy atom. The summed E-state index contributed by atoms with van der Waals surface area (Å²) in [6.45, 7) is 0. The second kappa shape index (κ2) is 7.18. The zero-order valence-corrected chi connectivity index (χ0v) is 13.8. The lowest BCUT2D eigenvalue weighted by Gasteiger charge is -2.04. The van der Waals surface area contributed by atoms with Gasteiger partial charge in [-0.05, 0) is 23.5 Å². The molecule has 114 valence electrons. The van der Waals surface area contributed by atoms with Crippen LogP contribution in [0.4, 0.5) is 5.82 Å². The molecular weight excluding hydrogens is 326 g/mol. The SMILES string of the molecule is C#Cc1nc(NC(=O)CCc2cccc(-c3cncs3)c2)cs1. The van der Waals surface area contributed by atoms with Gasteiger partial charge >= 0.3 is 0 Å². The molecule has 1 amide bonds. The molecule has 3 rings (SSSR count). The van der Waals surface area contributed by atoms with Gasteiger partial charge in [0.25, 0.3) is 0 Å². The summed E-state index contributed by atoms with van der Waals surface area (Å²) in [5.74, 6) is 2.90. The second-order valence-electron chi connectivity index (χ2n) is 4.80. The van der Waals surface area contributed by atoms with Crippen LogP contribution in [0.3, 0.4) is 0 Å². The number of hydrogen-bond acceptors (Lipinski definition) is 5. The van der Waals surface area contributed by atoms with Gasteiger partial charge in [0, 0.05) is 18.0 Å². The van der Waals surface area contributed by atoms with Gasteiger partial charge in [-0.15, -0.1) is 29.1 Å². The number of aromatic nitrogens is 2. The van der Waals surface area contributed by atoms with Gasteiger partial charge in [0.05, 0.1) is 10.4 Å². The van der Waals surface area contributed by atoms with E-state index < -0.39 is 0 Å². The third-order valence-corrected chi connectivity index (χ3v) is 4.78. The maximum Gasteiger partial charge on any atom is 0.225 e. The molecule has 0 fully saturated rings. The zero-order valence-electron chi connectivity index (χ0n) is 12.2. The Morgan fingerprint density at radius 2 is 2.26 bits per heavy atom. The van der Waals surface area contributed by atoms with Crippen LogP contribution < -0.4 is 5.32 Å². The van der Waals surface area contributed by atoms with E-state index in [4.69, 9.17) is 6.42 Å². The fourth-order valence-electron chi connectivity index (χ4n) is 2.10. The van der Waals surface area contributed by atoms with Crippen LogP contribution in [0.1, 0.15) is 17.0 Å². The maximum absolute atomic E-state index is 12.0. The third kappa shape index (κ3) is 4.03. The first-order valence-corrected chi connectivity index (χ1v) is 8.70. The second-order valence-corrected chi connectivity index (χ2v) is 6.54. The number of benzene rings is 1. The predicted molar refractivity (Wildman–Crippen MR) is 94.5 cm³/mol. The van der Waals surface area contributed by atoms with E-state index in [9.17, 15) is 4.79 Å². The van der Waals surface area contributed by atoms with E-state index in [1.165, 1.54) is 11.3 Å². The van der Waals surface area contributed by atoms with Gasteiger partial charge in [-0.2, -0.15) is 0 Å². The summed E-state index contributed by atoms with van der Waals surface area (Å²) in [4.78, 5) is 21.3. The molecule has 0 bridgehead atoms. The number of carbonyl (C=O) groups is 1. The highest BCUT2D eigenvalue weighted by atomic mass is 32.1. The Kier molecular flexibility index (Phi) is 4.81. The first-order valence-electron chi connectivity index (χ1n) is 6.94. The number of nitrogens with one attached hydrogen (secondary N) is 1.